The predicted molar refractivity (Wildman–Crippen MR) is 101 cm³/mol. The molecule has 9 heteroatoms. The average molecular weight is 417 g/mol. The molecule has 0 saturated carbocycles. The zero-order chi connectivity index (χ0) is 19.1. The largest absolute Gasteiger partial charge is 0.451 e. The lowest BCUT2D eigenvalue weighted by atomic mass is 10.2. The number of anilines is 1. The van der Waals surface area contributed by atoms with Crippen LogP contribution in [0.1, 0.15) is 26.7 Å². The molecule has 1 aromatic carbocycles. The zero-order valence-electron chi connectivity index (χ0n) is 14.3. The van der Waals surface area contributed by atoms with Gasteiger partial charge in [-0.2, -0.15) is 0 Å². The lowest BCUT2D eigenvalue weighted by Gasteiger charge is -2.29. The lowest BCUT2D eigenvalue weighted by molar-refractivity contribution is -0.160. The molecular weight excluding hydrogens is 399 g/mol. The van der Waals surface area contributed by atoms with Gasteiger partial charge in [-0.3, -0.25) is 9.59 Å². The van der Waals surface area contributed by atoms with Crippen LogP contribution in [0.5, 0.6) is 0 Å². The van der Waals surface area contributed by atoms with Crippen molar-refractivity contribution in [3.63, 3.8) is 0 Å². The van der Waals surface area contributed by atoms with Crippen LogP contribution in [0.2, 0.25) is 10.0 Å². The summed E-state index contributed by atoms with van der Waals surface area (Å²) in [5.41, 5.74) is 0.266. The van der Waals surface area contributed by atoms with Gasteiger partial charge in [0.1, 0.15) is 6.04 Å². The van der Waals surface area contributed by atoms with Crippen LogP contribution in [0, 0.1) is 0 Å². The minimum absolute atomic E-state index is 0.0561. The second-order valence-corrected chi connectivity index (χ2v) is 8.75. The molecule has 0 aliphatic carbocycles. The molecule has 26 heavy (non-hydrogen) atoms. The first-order chi connectivity index (χ1) is 12.2. The molecule has 3 atom stereocenters. The highest BCUT2D eigenvalue weighted by molar-refractivity contribution is 8.01. The summed E-state index contributed by atoms with van der Waals surface area (Å²) >= 11 is 13.6. The van der Waals surface area contributed by atoms with Crippen LogP contribution in [0.25, 0.3) is 0 Å². The van der Waals surface area contributed by atoms with Gasteiger partial charge < -0.3 is 15.0 Å². The Balaban J connectivity index is 1.64. The summed E-state index contributed by atoms with van der Waals surface area (Å²) < 4.78 is 5.31. The summed E-state index contributed by atoms with van der Waals surface area (Å²) in [6, 6.07) is 4.18. The van der Waals surface area contributed by atoms with E-state index in [2.05, 4.69) is 5.32 Å². The summed E-state index contributed by atoms with van der Waals surface area (Å²) in [5, 5.41) is 3.15. The standard InChI is InChI=1S/C17H18Cl2N2O4S/c1-9(15(23)20-14-10(18)4-3-5-11(14)19)25-16(24)12-8-26-17(2)7-6-13(22)21(12)17/h3-5,9,12H,6-8H2,1-2H3,(H,20,23)/t9-,12-,17-/m0/s1. The molecule has 0 spiro atoms. The third-order valence-electron chi connectivity index (χ3n) is 4.59. The van der Waals surface area contributed by atoms with Crippen LogP contribution in [0.15, 0.2) is 18.2 Å². The van der Waals surface area contributed by atoms with Crippen molar-refractivity contribution in [2.75, 3.05) is 11.1 Å². The van der Waals surface area contributed by atoms with Crippen molar-refractivity contribution in [2.24, 2.45) is 0 Å². The fourth-order valence-electron chi connectivity index (χ4n) is 3.14. The number of hydrogen-bond acceptors (Lipinski definition) is 5. The van der Waals surface area contributed by atoms with Crippen LogP contribution < -0.4 is 5.32 Å². The zero-order valence-corrected chi connectivity index (χ0v) is 16.6. The van der Waals surface area contributed by atoms with E-state index < -0.39 is 24.0 Å². The number of nitrogens with zero attached hydrogens (tertiary/aromatic N) is 1. The van der Waals surface area contributed by atoms with E-state index in [1.807, 2.05) is 6.92 Å². The maximum Gasteiger partial charge on any atom is 0.330 e. The number of thioether (sulfide) groups is 1. The van der Waals surface area contributed by atoms with Gasteiger partial charge in [0.2, 0.25) is 5.91 Å². The van der Waals surface area contributed by atoms with Crippen molar-refractivity contribution in [1.82, 2.24) is 4.90 Å². The molecule has 1 aromatic rings. The molecule has 2 aliphatic rings. The Morgan fingerprint density at radius 3 is 2.69 bits per heavy atom. The first-order valence-electron chi connectivity index (χ1n) is 8.14. The summed E-state index contributed by atoms with van der Waals surface area (Å²) in [4.78, 5) is 38.2. The van der Waals surface area contributed by atoms with E-state index in [4.69, 9.17) is 27.9 Å². The van der Waals surface area contributed by atoms with E-state index in [9.17, 15) is 14.4 Å². The van der Waals surface area contributed by atoms with Crippen LogP contribution in [-0.2, 0) is 19.1 Å². The minimum atomic E-state index is -1.05. The number of esters is 1. The monoisotopic (exact) mass is 416 g/mol. The molecule has 1 N–H and O–H groups in total. The van der Waals surface area contributed by atoms with Crippen molar-refractivity contribution in [3.05, 3.63) is 28.2 Å². The fourth-order valence-corrected chi connectivity index (χ4v) is 5.05. The summed E-state index contributed by atoms with van der Waals surface area (Å²) in [6.07, 6.45) is 0.0831. The highest BCUT2D eigenvalue weighted by Gasteiger charge is 2.53. The van der Waals surface area contributed by atoms with Crippen molar-refractivity contribution >= 4 is 58.4 Å². The molecule has 0 radical (unpaired) electrons. The molecule has 0 aromatic heterocycles. The number of carbonyl (C=O) groups is 3. The number of fused-ring (bicyclic) bond motifs is 1. The maximum atomic E-state index is 12.5. The number of nitrogens with one attached hydrogen (secondary N) is 1. The van der Waals surface area contributed by atoms with E-state index >= 15 is 0 Å². The van der Waals surface area contributed by atoms with Crippen molar-refractivity contribution in [1.29, 1.82) is 0 Å². The molecule has 2 amide bonds. The van der Waals surface area contributed by atoms with Crippen molar-refractivity contribution in [2.45, 2.75) is 43.7 Å². The number of hydrogen-bond donors (Lipinski definition) is 1. The number of halogens is 2. The van der Waals surface area contributed by atoms with Gasteiger partial charge in [0.15, 0.2) is 6.10 Å². The number of para-hydroxylation sites is 1. The highest BCUT2D eigenvalue weighted by atomic mass is 35.5. The Kier molecular flexibility index (Phi) is 5.42. The third-order valence-corrected chi connectivity index (χ3v) is 6.73. The van der Waals surface area contributed by atoms with E-state index in [0.29, 0.717) is 18.6 Å². The molecule has 2 heterocycles. The molecule has 2 aliphatic heterocycles. The van der Waals surface area contributed by atoms with Crippen LogP contribution in [0.4, 0.5) is 5.69 Å². The number of benzene rings is 1. The van der Waals surface area contributed by atoms with Crippen LogP contribution in [-0.4, -0.2) is 45.5 Å². The third kappa shape index (κ3) is 3.52. The number of rotatable bonds is 4. The maximum absolute atomic E-state index is 12.5. The second kappa shape index (κ2) is 7.29. The van der Waals surface area contributed by atoms with E-state index in [0.717, 1.165) is 0 Å². The molecular formula is C17H18Cl2N2O4S. The molecule has 6 nitrogen and oxygen atoms in total. The molecule has 2 saturated heterocycles. The van der Waals surface area contributed by atoms with Gasteiger partial charge in [-0.1, -0.05) is 29.3 Å². The van der Waals surface area contributed by atoms with Crippen LogP contribution >= 0.6 is 35.0 Å². The van der Waals surface area contributed by atoms with E-state index in [-0.39, 0.29) is 26.5 Å². The van der Waals surface area contributed by atoms with Gasteiger partial charge in [0.25, 0.3) is 5.91 Å². The molecule has 140 valence electrons. The molecule has 3 rings (SSSR count). The molecule has 0 unspecified atom stereocenters. The van der Waals surface area contributed by atoms with E-state index in [1.165, 1.54) is 6.92 Å². The quantitative estimate of drug-likeness (QED) is 0.761. The minimum Gasteiger partial charge on any atom is -0.451 e. The Hall–Kier alpha value is -1.44. The number of ether oxygens (including phenoxy) is 1. The first kappa shape index (κ1) is 19.3. The van der Waals surface area contributed by atoms with Crippen molar-refractivity contribution < 1.29 is 19.1 Å². The number of carbonyl (C=O) groups excluding carboxylic acids is 3. The highest BCUT2D eigenvalue weighted by Crippen LogP contribution is 2.47. The Bertz CT molecular complexity index is 755. The smallest absolute Gasteiger partial charge is 0.330 e. The van der Waals surface area contributed by atoms with Crippen LogP contribution in [0.3, 0.4) is 0 Å². The van der Waals surface area contributed by atoms with Gasteiger partial charge in [-0.15, -0.1) is 11.8 Å². The lowest BCUT2D eigenvalue weighted by Crippen LogP contribution is -2.48. The van der Waals surface area contributed by atoms with Gasteiger partial charge in [0.05, 0.1) is 20.6 Å². The summed E-state index contributed by atoms with van der Waals surface area (Å²) in [6.45, 7) is 3.41. The molecule has 0 bridgehead atoms. The van der Waals surface area contributed by atoms with Crippen molar-refractivity contribution in [3.8, 4) is 0 Å². The normalized spacial score (nSPS) is 25.8. The average Bonchev–Trinajstić information content (AvgIpc) is 3.07. The van der Waals surface area contributed by atoms with Gasteiger partial charge in [0, 0.05) is 12.2 Å². The second-order valence-electron chi connectivity index (χ2n) is 6.43. The van der Waals surface area contributed by atoms with E-state index in [1.54, 1.807) is 34.9 Å². The molecule has 2 fully saturated rings. The predicted octanol–water partition coefficient (Wildman–Crippen LogP) is 3.32. The Morgan fingerprint density at radius 1 is 1.38 bits per heavy atom. The number of amides is 2. The van der Waals surface area contributed by atoms with Gasteiger partial charge >= 0.3 is 5.97 Å². The Morgan fingerprint density at radius 2 is 2.04 bits per heavy atom. The first-order valence-corrected chi connectivity index (χ1v) is 9.88. The SMILES string of the molecule is C[C@H](OC(=O)[C@@H]1CS[C@@]2(C)CCC(=O)N12)C(=O)Nc1c(Cl)cccc1Cl. The van der Waals surface area contributed by atoms with Gasteiger partial charge in [-0.05, 0) is 32.4 Å². The fraction of sp³-hybridized carbons (Fsp3) is 0.471. The summed E-state index contributed by atoms with van der Waals surface area (Å²) in [5.74, 6) is -0.718. The summed E-state index contributed by atoms with van der Waals surface area (Å²) in [7, 11) is 0. The van der Waals surface area contributed by atoms with Gasteiger partial charge in [-0.25, -0.2) is 4.79 Å². The Labute approximate surface area is 165 Å². The topological polar surface area (TPSA) is 75.7 Å².